The zero-order chi connectivity index (χ0) is 20.7. The fourth-order valence-corrected chi connectivity index (χ4v) is 3.65. The maximum absolute atomic E-state index is 12.0. The molecule has 0 saturated carbocycles. The van der Waals surface area contributed by atoms with Crippen LogP contribution in [0, 0.1) is 5.92 Å². The van der Waals surface area contributed by atoms with Gasteiger partial charge in [0.25, 0.3) is 0 Å². The molecule has 166 valence electrons. The summed E-state index contributed by atoms with van der Waals surface area (Å²) in [5.74, 6) is 0.922. The Morgan fingerprint density at radius 3 is 1.82 bits per heavy atom. The molecule has 0 saturated heterocycles. The monoisotopic (exact) mass is 393 g/mol. The van der Waals surface area contributed by atoms with Crippen molar-refractivity contribution in [2.24, 2.45) is 5.92 Å². The van der Waals surface area contributed by atoms with Crippen LogP contribution in [0.2, 0.25) is 0 Å². The van der Waals surface area contributed by atoms with Crippen LogP contribution in [-0.2, 0) is 4.79 Å². The van der Waals surface area contributed by atoms with E-state index in [0.29, 0.717) is 12.3 Å². The molecule has 0 aromatic rings. The van der Waals surface area contributed by atoms with E-state index in [1.807, 2.05) is 0 Å². The Hall–Kier alpha value is -0.790. The Labute approximate surface area is 177 Å². The average Bonchev–Trinajstić information content (AvgIpc) is 2.71. The molecule has 0 bridgehead atoms. The quantitative estimate of drug-likeness (QED) is 0.154. The van der Waals surface area contributed by atoms with E-state index in [0.717, 1.165) is 13.0 Å². The minimum absolute atomic E-state index is 0.257. The van der Waals surface area contributed by atoms with E-state index < -0.39 is 0 Å². The zero-order valence-electron chi connectivity index (χ0n) is 19.6. The van der Waals surface area contributed by atoms with Gasteiger partial charge in [-0.1, -0.05) is 104 Å². The van der Waals surface area contributed by atoms with E-state index in [4.69, 9.17) is 0 Å². The molecular weight excluding hydrogens is 342 g/mol. The van der Waals surface area contributed by atoms with Crippen LogP contribution in [0.5, 0.6) is 0 Å². The van der Waals surface area contributed by atoms with Gasteiger partial charge in [0.05, 0.1) is 0 Å². The fraction of sp³-hybridized carbons (Fsp3) is 0.885. The molecule has 28 heavy (non-hydrogen) atoms. The van der Waals surface area contributed by atoms with Gasteiger partial charge >= 0.3 is 0 Å². The van der Waals surface area contributed by atoms with Crippen LogP contribution < -0.4 is 5.32 Å². The molecule has 1 unspecified atom stereocenters. The maximum atomic E-state index is 12.0. The minimum atomic E-state index is 0.257. The van der Waals surface area contributed by atoms with Gasteiger partial charge in [-0.3, -0.25) is 4.79 Å². The molecule has 1 atom stereocenters. The second-order valence-electron chi connectivity index (χ2n) is 8.55. The first-order chi connectivity index (χ1) is 13.7. The summed E-state index contributed by atoms with van der Waals surface area (Å²) < 4.78 is 0. The Kier molecular flexibility index (Phi) is 21.9. The second-order valence-corrected chi connectivity index (χ2v) is 8.55. The summed E-state index contributed by atoms with van der Waals surface area (Å²) in [7, 11) is 0. The molecule has 0 aromatic carbocycles. The highest BCUT2D eigenvalue weighted by atomic mass is 16.1. The van der Waals surface area contributed by atoms with Crippen LogP contribution in [0.1, 0.15) is 136 Å². The van der Waals surface area contributed by atoms with E-state index in [-0.39, 0.29) is 5.91 Å². The van der Waals surface area contributed by atoms with Crippen molar-refractivity contribution in [2.45, 2.75) is 136 Å². The number of allylic oxidation sites excluding steroid dienone is 2. The lowest BCUT2D eigenvalue weighted by Crippen LogP contribution is -2.28. The number of nitrogens with one attached hydrogen (secondary N) is 1. The zero-order valence-corrected chi connectivity index (χ0v) is 19.6. The first kappa shape index (κ1) is 27.2. The number of hydrogen-bond donors (Lipinski definition) is 1. The molecule has 2 heteroatoms. The SMILES string of the molecule is CCCCCCCC/C=C\CCCCCCCC(=O)NCC(CC)CCCC. The predicted molar refractivity (Wildman–Crippen MR) is 126 cm³/mol. The van der Waals surface area contributed by atoms with Crippen LogP contribution in [0.25, 0.3) is 0 Å². The molecule has 1 amide bonds. The summed E-state index contributed by atoms with van der Waals surface area (Å²) in [5.41, 5.74) is 0. The van der Waals surface area contributed by atoms with Crippen molar-refractivity contribution in [3.63, 3.8) is 0 Å². The van der Waals surface area contributed by atoms with Gasteiger partial charge in [0, 0.05) is 13.0 Å². The Morgan fingerprint density at radius 1 is 0.714 bits per heavy atom. The van der Waals surface area contributed by atoms with Gasteiger partial charge in [-0.15, -0.1) is 0 Å². The van der Waals surface area contributed by atoms with Gasteiger partial charge in [0.1, 0.15) is 0 Å². The minimum Gasteiger partial charge on any atom is -0.356 e. The summed E-state index contributed by atoms with van der Waals surface area (Å²) in [6.07, 6.45) is 27.4. The van der Waals surface area contributed by atoms with E-state index in [2.05, 4.69) is 38.2 Å². The van der Waals surface area contributed by atoms with Crippen molar-refractivity contribution in [2.75, 3.05) is 6.54 Å². The second kappa shape index (κ2) is 22.5. The van der Waals surface area contributed by atoms with Crippen molar-refractivity contribution < 1.29 is 4.79 Å². The molecule has 0 fully saturated rings. The molecule has 0 radical (unpaired) electrons. The summed E-state index contributed by atoms with van der Waals surface area (Å²) >= 11 is 0. The predicted octanol–water partition coefficient (Wildman–Crippen LogP) is 8.36. The Balaban J connectivity index is 3.35. The summed E-state index contributed by atoms with van der Waals surface area (Å²) in [6.45, 7) is 7.62. The third-order valence-corrected chi connectivity index (χ3v) is 5.80. The lowest BCUT2D eigenvalue weighted by Gasteiger charge is -2.15. The largest absolute Gasteiger partial charge is 0.356 e. The van der Waals surface area contributed by atoms with Crippen molar-refractivity contribution in [3.8, 4) is 0 Å². The molecule has 0 aliphatic rings. The van der Waals surface area contributed by atoms with Gasteiger partial charge in [-0.2, -0.15) is 0 Å². The molecular formula is C26H51NO. The van der Waals surface area contributed by atoms with Crippen molar-refractivity contribution in [3.05, 3.63) is 12.2 Å². The van der Waals surface area contributed by atoms with Gasteiger partial charge in [-0.05, 0) is 44.4 Å². The van der Waals surface area contributed by atoms with E-state index in [1.54, 1.807) is 0 Å². The van der Waals surface area contributed by atoms with Crippen LogP contribution in [-0.4, -0.2) is 12.5 Å². The molecule has 0 aliphatic heterocycles. The van der Waals surface area contributed by atoms with Crippen LogP contribution in [0.15, 0.2) is 12.2 Å². The molecule has 2 nitrogen and oxygen atoms in total. The van der Waals surface area contributed by atoms with Crippen molar-refractivity contribution in [1.29, 1.82) is 0 Å². The van der Waals surface area contributed by atoms with Crippen molar-refractivity contribution in [1.82, 2.24) is 5.32 Å². The highest BCUT2D eigenvalue weighted by Crippen LogP contribution is 2.12. The Morgan fingerprint density at radius 2 is 1.25 bits per heavy atom. The summed E-state index contributed by atoms with van der Waals surface area (Å²) in [6, 6.07) is 0. The lowest BCUT2D eigenvalue weighted by atomic mass is 9.99. The van der Waals surface area contributed by atoms with E-state index >= 15 is 0 Å². The van der Waals surface area contributed by atoms with E-state index in [1.165, 1.54) is 103 Å². The lowest BCUT2D eigenvalue weighted by molar-refractivity contribution is -0.121. The van der Waals surface area contributed by atoms with E-state index in [9.17, 15) is 4.79 Å². The summed E-state index contributed by atoms with van der Waals surface area (Å²) in [4.78, 5) is 12.0. The van der Waals surface area contributed by atoms with Gasteiger partial charge < -0.3 is 5.32 Å². The van der Waals surface area contributed by atoms with Crippen molar-refractivity contribution >= 4 is 5.91 Å². The number of rotatable bonds is 21. The first-order valence-electron chi connectivity index (χ1n) is 12.7. The number of amides is 1. The van der Waals surface area contributed by atoms with Gasteiger partial charge in [0.2, 0.25) is 5.91 Å². The molecule has 0 aliphatic carbocycles. The molecule has 0 heterocycles. The first-order valence-corrected chi connectivity index (χ1v) is 12.7. The smallest absolute Gasteiger partial charge is 0.220 e. The maximum Gasteiger partial charge on any atom is 0.220 e. The molecule has 0 spiro atoms. The van der Waals surface area contributed by atoms with Gasteiger partial charge in [0.15, 0.2) is 0 Å². The highest BCUT2D eigenvalue weighted by Gasteiger charge is 2.08. The number of hydrogen-bond acceptors (Lipinski definition) is 1. The fourth-order valence-electron chi connectivity index (χ4n) is 3.65. The van der Waals surface area contributed by atoms with Crippen LogP contribution in [0.4, 0.5) is 0 Å². The third-order valence-electron chi connectivity index (χ3n) is 5.80. The Bertz CT molecular complexity index is 350. The molecule has 1 N–H and O–H groups in total. The average molecular weight is 394 g/mol. The molecule has 0 aromatic heterocycles. The van der Waals surface area contributed by atoms with Crippen LogP contribution >= 0.6 is 0 Å². The standard InChI is InChI=1S/C26H51NO/c1-4-7-9-10-11-12-13-14-15-16-17-18-19-20-21-23-26(28)27-24-25(6-3)22-8-5-2/h14-15,25H,4-13,16-24H2,1-3H3,(H,27,28)/b15-14-. The van der Waals surface area contributed by atoms with Gasteiger partial charge in [-0.25, -0.2) is 0 Å². The number of unbranched alkanes of at least 4 members (excludes halogenated alkanes) is 12. The number of carbonyl (C=O) groups excluding carboxylic acids is 1. The third kappa shape index (κ3) is 20.0. The van der Waals surface area contributed by atoms with Crippen LogP contribution in [0.3, 0.4) is 0 Å². The normalized spacial score (nSPS) is 12.5. The molecule has 0 rings (SSSR count). The highest BCUT2D eigenvalue weighted by molar-refractivity contribution is 5.75. The number of carbonyl (C=O) groups is 1. The summed E-state index contributed by atoms with van der Waals surface area (Å²) in [5, 5.41) is 3.14. The topological polar surface area (TPSA) is 29.1 Å².